The average molecular weight is 221 g/mol. The lowest BCUT2D eigenvalue weighted by Crippen LogP contribution is -2.32. The van der Waals surface area contributed by atoms with Gasteiger partial charge in [-0.05, 0) is 45.7 Å². The number of nitrogens with zero attached hydrogens (tertiary/aromatic N) is 3. The first-order valence-electron chi connectivity index (χ1n) is 6.40. The van der Waals surface area contributed by atoms with Gasteiger partial charge in [0.1, 0.15) is 0 Å². The van der Waals surface area contributed by atoms with Crippen LogP contribution >= 0.6 is 0 Å². The molecular weight excluding hydrogens is 198 g/mol. The van der Waals surface area contributed by atoms with E-state index in [1.54, 1.807) is 0 Å². The van der Waals surface area contributed by atoms with Gasteiger partial charge >= 0.3 is 0 Å². The van der Waals surface area contributed by atoms with Gasteiger partial charge in [-0.1, -0.05) is 6.92 Å². The smallest absolute Gasteiger partial charge is 0.0534 e. The molecule has 90 valence electrons. The zero-order chi connectivity index (χ0) is 11.5. The summed E-state index contributed by atoms with van der Waals surface area (Å²) >= 11 is 0. The van der Waals surface area contributed by atoms with E-state index in [1.165, 1.54) is 31.5 Å². The van der Waals surface area contributed by atoms with Gasteiger partial charge in [-0.3, -0.25) is 9.58 Å². The second-order valence-corrected chi connectivity index (χ2v) is 5.38. The second-order valence-electron chi connectivity index (χ2n) is 5.38. The molecule has 0 amide bonds. The minimum absolute atomic E-state index is 0.468. The van der Waals surface area contributed by atoms with Gasteiger partial charge in [-0.15, -0.1) is 0 Å². The number of likely N-dealkylation sites (tertiary alicyclic amines) is 1. The van der Waals surface area contributed by atoms with Crippen LogP contribution in [0.4, 0.5) is 0 Å². The zero-order valence-electron chi connectivity index (χ0n) is 10.7. The van der Waals surface area contributed by atoms with Gasteiger partial charge in [0.2, 0.25) is 0 Å². The lowest BCUT2D eigenvalue weighted by Gasteiger charge is -2.29. The van der Waals surface area contributed by atoms with Crippen LogP contribution in [0.15, 0.2) is 12.4 Å². The predicted molar refractivity (Wildman–Crippen MR) is 66.3 cm³/mol. The molecule has 2 heterocycles. The minimum Gasteiger partial charge on any atom is -0.299 e. The van der Waals surface area contributed by atoms with Gasteiger partial charge in [0.05, 0.1) is 6.20 Å². The lowest BCUT2D eigenvalue weighted by molar-refractivity contribution is 0.185. The number of piperidine rings is 1. The Morgan fingerprint density at radius 2 is 2.06 bits per heavy atom. The van der Waals surface area contributed by atoms with Gasteiger partial charge in [0.25, 0.3) is 0 Å². The number of hydrogen-bond donors (Lipinski definition) is 0. The molecule has 0 aromatic carbocycles. The topological polar surface area (TPSA) is 21.1 Å². The standard InChI is InChI=1S/C13H23N3/c1-11(2)16-10-13(8-14-16)9-15-6-4-12(3)5-7-15/h8,10-12H,4-7,9H2,1-3H3. The number of rotatable bonds is 3. The van der Waals surface area contributed by atoms with Crippen LogP contribution in [0, 0.1) is 5.92 Å². The van der Waals surface area contributed by atoms with E-state index in [0.717, 1.165) is 12.5 Å². The fraction of sp³-hybridized carbons (Fsp3) is 0.769. The minimum atomic E-state index is 0.468. The molecule has 0 unspecified atom stereocenters. The van der Waals surface area contributed by atoms with Crippen molar-refractivity contribution in [3.8, 4) is 0 Å². The molecule has 16 heavy (non-hydrogen) atoms. The van der Waals surface area contributed by atoms with E-state index in [1.807, 2.05) is 10.9 Å². The first-order valence-corrected chi connectivity index (χ1v) is 6.40. The third kappa shape index (κ3) is 2.85. The van der Waals surface area contributed by atoms with Crippen molar-refractivity contribution in [1.82, 2.24) is 14.7 Å². The van der Waals surface area contributed by atoms with Crippen molar-refractivity contribution >= 4 is 0 Å². The molecule has 0 aliphatic carbocycles. The Morgan fingerprint density at radius 3 is 2.62 bits per heavy atom. The highest BCUT2D eigenvalue weighted by atomic mass is 15.3. The molecular formula is C13H23N3. The van der Waals surface area contributed by atoms with Crippen LogP contribution in [0.5, 0.6) is 0 Å². The summed E-state index contributed by atoms with van der Waals surface area (Å²) in [5.41, 5.74) is 1.35. The maximum Gasteiger partial charge on any atom is 0.0534 e. The van der Waals surface area contributed by atoms with Crippen molar-refractivity contribution in [3.63, 3.8) is 0 Å². The first-order chi connectivity index (χ1) is 7.65. The Balaban J connectivity index is 1.88. The Kier molecular flexibility index (Phi) is 3.64. The van der Waals surface area contributed by atoms with Gasteiger partial charge in [0, 0.05) is 24.3 Å². The second kappa shape index (κ2) is 5.00. The molecule has 0 bridgehead atoms. The Labute approximate surface area is 98.4 Å². The maximum absolute atomic E-state index is 4.39. The van der Waals surface area contributed by atoms with E-state index in [0.29, 0.717) is 6.04 Å². The fourth-order valence-electron chi connectivity index (χ4n) is 2.22. The molecule has 1 aliphatic rings. The van der Waals surface area contributed by atoms with Gasteiger partial charge in [-0.2, -0.15) is 5.10 Å². The molecule has 3 nitrogen and oxygen atoms in total. The summed E-state index contributed by atoms with van der Waals surface area (Å²) in [5, 5.41) is 4.39. The summed E-state index contributed by atoms with van der Waals surface area (Å²) in [6.45, 7) is 10.2. The van der Waals surface area contributed by atoms with Crippen LogP contribution in [-0.2, 0) is 6.54 Å². The molecule has 1 saturated heterocycles. The van der Waals surface area contributed by atoms with Crippen LogP contribution in [0.25, 0.3) is 0 Å². The lowest BCUT2D eigenvalue weighted by atomic mass is 9.99. The van der Waals surface area contributed by atoms with Crippen LogP contribution in [-0.4, -0.2) is 27.8 Å². The first kappa shape index (κ1) is 11.6. The summed E-state index contributed by atoms with van der Waals surface area (Å²) in [6, 6.07) is 0.468. The Bertz CT molecular complexity index is 322. The van der Waals surface area contributed by atoms with Crippen LogP contribution < -0.4 is 0 Å². The highest BCUT2D eigenvalue weighted by molar-refractivity contribution is 5.04. The summed E-state index contributed by atoms with van der Waals surface area (Å²) in [4.78, 5) is 2.54. The third-order valence-corrected chi connectivity index (χ3v) is 3.47. The number of hydrogen-bond acceptors (Lipinski definition) is 2. The van der Waals surface area contributed by atoms with Gasteiger partial charge in [-0.25, -0.2) is 0 Å². The maximum atomic E-state index is 4.39. The molecule has 1 aliphatic heterocycles. The van der Waals surface area contributed by atoms with E-state index < -0.39 is 0 Å². The van der Waals surface area contributed by atoms with Gasteiger partial charge in [0.15, 0.2) is 0 Å². The molecule has 1 aromatic heterocycles. The zero-order valence-corrected chi connectivity index (χ0v) is 10.7. The molecule has 1 fully saturated rings. The summed E-state index contributed by atoms with van der Waals surface area (Å²) in [5.74, 6) is 0.912. The van der Waals surface area contributed by atoms with Gasteiger partial charge < -0.3 is 0 Å². The monoisotopic (exact) mass is 221 g/mol. The molecule has 0 atom stereocenters. The number of aromatic nitrogens is 2. The largest absolute Gasteiger partial charge is 0.299 e. The van der Waals surface area contributed by atoms with E-state index in [2.05, 4.69) is 37.0 Å². The SMILES string of the molecule is CC1CCN(Cc2cnn(C(C)C)c2)CC1. The molecule has 0 N–H and O–H groups in total. The normalized spacial score (nSPS) is 19.5. The quantitative estimate of drug-likeness (QED) is 0.782. The van der Waals surface area contributed by atoms with Crippen molar-refractivity contribution < 1.29 is 0 Å². The van der Waals surface area contributed by atoms with Crippen LogP contribution in [0.3, 0.4) is 0 Å². The molecule has 3 heteroatoms. The molecule has 0 spiro atoms. The Morgan fingerprint density at radius 1 is 1.38 bits per heavy atom. The third-order valence-electron chi connectivity index (χ3n) is 3.47. The average Bonchev–Trinajstić information content (AvgIpc) is 2.70. The predicted octanol–water partition coefficient (Wildman–Crippen LogP) is 2.70. The van der Waals surface area contributed by atoms with E-state index >= 15 is 0 Å². The Hall–Kier alpha value is -0.830. The molecule has 0 saturated carbocycles. The van der Waals surface area contributed by atoms with E-state index in [-0.39, 0.29) is 0 Å². The van der Waals surface area contributed by atoms with Crippen molar-refractivity contribution in [2.45, 2.75) is 46.2 Å². The van der Waals surface area contributed by atoms with Crippen molar-refractivity contribution in [2.24, 2.45) is 5.92 Å². The summed E-state index contributed by atoms with van der Waals surface area (Å²) in [7, 11) is 0. The van der Waals surface area contributed by atoms with Crippen molar-refractivity contribution in [3.05, 3.63) is 18.0 Å². The van der Waals surface area contributed by atoms with E-state index in [9.17, 15) is 0 Å². The fourth-order valence-corrected chi connectivity index (χ4v) is 2.22. The highest BCUT2D eigenvalue weighted by Gasteiger charge is 2.16. The molecule has 2 rings (SSSR count). The van der Waals surface area contributed by atoms with Crippen LogP contribution in [0.1, 0.15) is 45.2 Å². The summed E-state index contributed by atoms with van der Waals surface area (Å²) < 4.78 is 2.04. The van der Waals surface area contributed by atoms with Crippen molar-refractivity contribution in [2.75, 3.05) is 13.1 Å². The molecule has 0 radical (unpaired) electrons. The van der Waals surface area contributed by atoms with Crippen LogP contribution in [0.2, 0.25) is 0 Å². The summed E-state index contributed by atoms with van der Waals surface area (Å²) in [6.07, 6.45) is 6.89. The van der Waals surface area contributed by atoms with Crippen molar-refractivity contribution in [1.29, 1.82) is 0 Å². The highest BCUT2D eigenvalue weighted by Crippen LogP contribution is 2.18. The van der Waals surface area contributed by atoms with E-state index in [4.69, 9.17) is 0 Å². The molecule has 1 aromatic rings.